The van der Waals surface area contributed by atoms with E-state index in [1.165, 1.54) is 43.3 Å². The van der Waals surface area contributed by atoms with E-state index in [0.29, 0.717) is 17.6 Å². The van der Waals surface area contributed by atoms with Crippen LogP contribution < -0.4 is 10.5 Å². The van der Waals surface area contributed by atoms with Crippen LogP contribution >= 0.6 is 0 Å². The highest BCUT2D eigenvalue weighted by molar-refractivity contribution is 6.19. The zero-order valence-electron chi connectivity index (χ0n) is 15.6. The minimum atomic E-state index is -1.02. The van der Waals surface area contributed by atoms with Gasteiger partial charge < -0.3 is 15.2 Å². The molecule has 2 aromatic carbocycles. The Morgan fingerprint density at radius 2 is 1.75 bits per heavy atom. The van der Waals surface area contributed by atoms with Crippen LogP contribution in [-0.4, -0.2) is 37.0 Å². The Morgan fingerprint density at radius 3 is 2.36 bits per heavy atom. The van der Waals surface area contributed by atoms with Gasteiger partial charge in [-0.05, 0) is 44.2 Å². The van der Waals surface area contributed by atoms with Crippen LogP contribution in [0.2, 0.25) is 0 Å². The summed E-state index contributed by atoms with van der Waals surface area (Å²) in [6.07, 6.45) is 0.538. The Morgan fingerprint density at radius 1 is 1.07 bits per heavy atom. The number of aldehydes is 1. The van der Waals surface area contributed by atoms with Crippen molar-refractivity contribution < 1.29 is 28.7 Å². The summed E-state index contributed by atoms with van der Waals surface area (Å²) in [4.78, 5) is 47.9. The lowest BCUT2D eigenvalue weighted by Gasteiger charge is -2.13. The fraction of sp³-hybridized carbons (Fsp3) is 0.238. The van der Waals surface area contributed by atoms with Crippen molar-refractivity contribution in [2.45, 2.75) is 13.8 Å². The first kappa shape index (κ1) is 20.8. The highest BCUT2D eigenvalue weighted by atomic mass is 16.6. The minimum Gasteiger partial charge on any atom is -0.482 e. The number of nitrogens with two attached hydrogens (primary N) is 1. The van der Waals surface area contributed by atoms with Gasteiger partial charge in [0.1, 0.15) is 5.75 Å². The fourth-order valence-corrected chi connectivity index (χ4v) is 2.62. The summed E-state index contributed by atoms with van der Waals surface area (Å²) in [6, 6.07) is 10.6. The van der Waals surface area contributed by atoms with Crippen molar-refractivity contribution in [1.82, 2.24) is 0 Å². The van der Waals surface area contributed by atoms with E-state index in [4.69, 9.17) is 15.2 Å². The molecule has 0 saturated heterocycles. The number of rotatable bonds is 9. The second-order valence-electron chi connectivity index (χ2n) is 6.00. The average Bonchev–Trinajstić information content (AvgIpc) is 2.71. The number of nitrogen functional groups attached to an aromatic ring is 1. The maximum atomic E-state index is 12.7. The van der Waals surface area contributed by atoms with Crippen molar-refractivity contribution in [3.05, 3.63) is 59.2 Å². The van der Waals surface area contributed by atoms with Crippen LogP contribution in [0.3, 0.4) is 0 Å². The number of anilines is 1. The molecular formula is C21H21NO6. The molecular weight excluding hydrogens is 362 g/mol. The van der Waals surface area contributed by atoms with E-state index in [9.17, 15) is 19.2 Å². The smallest absolute Gasteiger partial charge is 0.344 e. The van der Waals surface area contributed by atoms with Gasteiger partial charge in [0.15, 0.2) is 24.5 Å². The summed E-state index contributed by atoms with van der Waals surface area (Å²) in [6.45, 7) is 3.19. The normalized spacial score (nSPS) is 11.4. The number of Topliss-reactive ketones (excluding diaryl/α,β-unsaturated/α-hetero) is 2. The van der Waals surface area contributed by atoms with Gasteiger partial charge in [-0.25, -0.2) is 4.79 Å². The Balaban J connectivity index is 2.12. The minimum absolute atomic E-state index is 0.0488. The number of esters is 1. The van der Waals surface area contributed by atoms with Crippen LogP contribution in [0, 0.1) is 5.92 Å². The second kappa shape index (κ2) is 9.45. The summed E-state index contributed by atoms with van der Waals surface area (Å²) >= 11 is 0. The van der Waals surface area contributed by atoms with Gasteiger partial charge in [0, 0.05) is 16.8 Å². The van der Waals surface area contributed by atoms with E-state index in [2.05, 4.69) is 0 Å². The number of benzene rings is 2. The van der Waals surface area contributed by atoms with Gasteiger partial charge in [-0.1, -0.05) is 12.1 Å². The zero-order valence-corrected chi connectivity index (χ0v) is 15.6. The fourth-order valence-electron chi connectivity index (χ4n) is 2.62. The lowest BCUT2D eigenvalue weighted by Crippen LogP contribution is -2.23. The molecule has 2 rings (SSSR count). The third kappa shape index (κ3) is 4.82. The Kier molecular flexibility index (Phi) is 7.03. The van der Waals surface area contributed by atoms with Crippen molar-refractivity contribution in [2.24, 2.45) is 5.92 Å². The Bertz CT molecular complexity index is 888. The van der Waals surface area contributed by atoms with Crippen LogP contribution in [0.15, 0.2) is 42.5 Å². The number of hydrogen-bond acceptors (Lipinski definition) is 7. The largest absolute Gasteiger partial charge is 0.482 e. The molecule has 28 heavy (non-hydrogen) atoms. The van der Waals surface area contributed by atoms with Crippen LogP contribution in [0.25, 0.3) is 0 Å². The molecule has 0 spiro atoms. The number of ketones is 2. The third-order valence-electron chi connectivity index (χ3n) is 4.09. The summed E-state index contributed by atoms with van der Waals surface area (Å²) in [5, 5.41) is 0. The quantitative estimate of drug-likeness (QED) is 0.233. The van der Waals surface area contributed by atoms with Crippen LogP contribution in [0.1, 0.15) is 44.9 Å². The molecule has 146 valence electrons. The van der Waals surface area contributed by atoms with E-state index in [-0.39, 0.29) is 30.0 Å². The molecule has 0 saturated carbocycles. The predicted octanol–water partition coefficient (Wildman–Crippen LogP) is 2.72. The Hall–Kier alpha value is -3.48. The molecule has 7 nitrogen and oxygen atoms in total. The van der Waals surface area contributed by atoms with Gasteiger partial charge in [-0.15, -0.1) is 0 Å². The van der Waals surface area contributed by atoms with Crippen LogP contribution in [0.5, 0.6) is 5.75 Å². The number of carbonyl (C=O) groups is 4. The molecule has 0 aliphatic rings. The molecule has 0 bridgehead atoms. The molecule has 0 heterocycles. The molecule has 1 atom stereocenters. The summed E-state index contributed by atoms with van der Waals surface area (Å²) in [5.41, 5.74) is 6.47. The highest BCUT2D eigenvalue weighted by Gasteiger charge is 2.27. The lowest BCUT2D eigenvalue weighted by atomic mass is 9.89. The van der Waals surface area contributed by atoms with Crippen molar-refractivity contribution in [3.8, 4) is 5.75 Å². The monoisotopic (exact) mass is 383 g/mol. The maximum Gasteiger partial charge on any atom is 0.344 e. The molecule has 0 aliphatic carbocycles. The third-order valence-corrected chi connectivity index (χ3v) is 4.09. The van der Waals surface area contributed by atoms with Gasteiger partial charge in [-0.3, -0.25) is 14.4 Å². The van der Waals surface area contributed by atoms with Gasteiger partial charge in [0.2, 0.25) is 0 Å². The van der Waals surface area contributed by atoms with E-state index >= 15 is 0 Å². The first-order valence-electron chi connectivity index (χ1n) is 8.69. The molecule has 7 heteroatoms. The first-order valence-corrected chi connectivity index (χ1v) is 8.69. The molecule has 0 fully saturated rings. The summed E-state index contributed by atoms with van der Waals surface area (Å²) in [5.74, 6) is -2.06. The standard InChI is InChI=1S/C21H21NO6/c1-3-27-18(24)12-28-16-9-7-14(8-10-16)20(25)13(2)21(26)19-15(11-23)5-4-6-17(19)22/h4-11,13H,3,12,22H2,1-2H3. The maximum absolute atomic E-state index is 12.7. The average molecular weight is 383 g/mol. The lowest BCUT2D eigenvalue weighted by molar-refractivity contribution is -0.145. The van der Waals surface area contributed by atoms with Gasteiger partial charge in [-0.2, -0.15) is 0 Å². The Labute approximate surface area is 162 Å². The topological polar surface area (TPSA) is 113 Å². The van der Waals surface area contributed by atoms with Crippen LogP contribution in [-0.2, 0) is 9.53 Å². The molecule has 1 unspecified atom stereocenters. The highest BCUT2D eigenvalue weighted by Crippen LogP contribution is 2.23. The number of ether oxygens (including phenoxy) is 2. The zero-order chi connectivity index (χ0) is 20.7. The number of hydrogen-bond donors (Lipinski definition) is 1. The van der Waals surface area contributed by atoms with Gasteiger partial charge >= 0.3 is 5.97 Å². The SMILES string of the molecule is CCOC(=O)COc1ccc(C(=O)C(C)C(=O)c2c(N)cccc2C=O)cc1. The molecule has 0 aliphatic heterocycles. The van der Waals surface area contributed by atoms with Crippen molar-refractivity contribution >= 4 is 29.5 Å². The van der Waals surface area contributed by atoms with Crippen molar-refractivity contribution in [2.75, 3.05) is 18.9 Å². The predicted molar refractivity (Wildman–Crippen MR) is 103 cm³/mol. The summed E-state index contributed by atoms with van der Waals surface area (Å²) in [7, 11) is 0. The summed E-state index contributed by atoms with van der Waals surface area (Å²) < 4.78 is 10.0. The van der Waals surface area contributed by atoms with E-state index < -0.39 is 23.5 Å². The van der Waals surface area contributed by atoms with E-state index in [1.54, 1.807) is 13.0 Å². The van der Waals surface area contributed by atoms with Crippen LogP contribution in [0.4, 0.5) is 5.69 Å². The van der Waals surface area contributed by atoms with Gasteiger partial charge in [0.25, 0.3) is 0 Å². The molecule has 2 aromatic rings. The molecule has 0 aromatic heterocycles. The second-order valence-corrected chi connectivity index (χ2v) is 6.00. The first-order chi connectivity index (χ1) is 13.4. The molecule has 2 N–H and O–H groups in total. The van der Waals surface area contributed by atoms with Crippen molar-refractivity contribution in [3.63, 3.8) is 0 Å². The van der Waals surface area contributed by atoms with Gasteiger partial charge in [0.05, 0.1) is 18.1 Å². The number of carbonyl (C=O) groups excluding carboxylic acids is 4. The van der Waals surface area contributed by atoms with Crippen molar-refractivity contribution in [1.29, 1.82) is 0 Å². The molecule has 0 radical (unpaired) electrons. The molecule has 0 amide bonds. The van der Waals surface area contributed by atoms with E-state index in [0.717, 1.165) is 0 Å². The van der Waals surface area contributed by atoms with E-state index in [1.807, 2.05) is 0 Å².